The van der Waals surface area contributed by atoms with Gasteiger partial charge in [-0.2, -0.15) is 4.31 Å². The Kier molecular flexibility index (Phi) is 4.36. The highest BCUT2D eigenvalue weighted by Gasteiger charge is 2.31. The summed E-state index contributed by atoms with van der Waals surface area (Å²) in [6.07, 6.45) is 2.87. The van der Waals surface area contributed by atoms with E-state index in [4.69, 9.17) is 5.73 Å². The maximum atomic E-state index is 12.9. The first-order chi connectivity index (χ1) is 9.63. The van der Waals surface area contributed by atoms with E-state index >= 15 is 0 Å². The van der Waals surface area contributed by atoms with Gasteiger partial charge in [0.05, 0.1) is 4.90 Å². The lowest BCUT2D eigenvalue weighted by molar-refractivity contribution is 0.315. The van der Waals surface area contributed by atoms with E-state index in [1.54, 1.807) is 17.3 Å². The van der Waals surface area contributed by atoms with Crippen LogP contribution >= 0.6 is 0 Å². The Hall–Kier alpha value is -1.07. The highest BCUT2D eigenvalue weighted by atomic mass is 32.2. The van der Waals surface area contributed by atoms with E-state index in [9.17, 15) is 8.42 Å². The monoisotopic (exact) mass is 310 g/mol. The third-order valence-electron chi connectivity index (χ3n) is 4.46. The zero-order chi connectivity index (χ0) is 15.8. The summed E-state index contributed by atoms with van der Waals surface area (Å²) < 4.78 is 27.5. The smallest absolute Gasteiger partial charge is 0.243 e. The molecule has 118 valence electrons. The first-order valence-corrected chi connectivity index (χ1v) is 8.94. The summed E-state index contributed by atoms with van der Waals surface area (Å²) in [5.41, 5.74) is 8.23. The number of nitrogen functional groups attached to an aromatic ring is 1. The minimum atomic E-state index is -3.46. The van der Waals surface area contributed by atoms with E-state index in [0.717, 1.165) is 24.8 Å². The van der Waals surface area contributed by atoms with Crippen LogP contribution in [0, 0.1) is 19.3 Å². The first-order valence-electron chi connectivity index (χ1n) is 7.50. The molecule has 1 aliphatic rings. The summed E-state index contributed by atoms with van der Waals surface area (Å²) in [5, 5.41) is 0. The van der Waals surface area contributed by atoms with Crippen molar-refractivity contribution in [3.63, 3.8) is 0 Å². The average molecular weight is 310 g/mol. The predicted molar refractivity (Wildman–Crippen MR) is 86.7 cm³/mol. The van der Waals surface area contributed by atoms with Crippen LogP contribution in [0.25, 0.3) is 0 Å². The topological polar surface area (TPSA) is 63.4 Å². The number of rotatable bonds is 2. The summed E-state index contributed by atoms with van der Waals surface area (Å²) in [6.45, 7) is 9.25. The minimum Gasteiger partial charge on any atom is -0.398 e. The molecule has 0 aliphatic carbocycles. The van der Waals surface area contributed by atoms with Gasteiger partial charge in [-0.1, -0.05) is 13.8 Å². The van der Waals surface area contributed by atoms with Crippen LogP contribution in [0.1, 0.15) is 44.2 Å². The molecular weight excluding hydrogens is 284 g/mol. The zero-order valence-corrected chi connectivity index (χ0v) is 14.3. The molecule has 5 heteroatoms. The number of aryl methyl sites for hydroxylation is 1. The largest absolute Gasteiger partial charge is 0.398 e. The van der Waals surface area contributed by atoms with E-state index in [2.05, 4.69) is 13.8 Å². The Morgan fingerprint density at radius 2 is 1.81 bits per heavy atom. The van der Waals surface area contributed by atoms with Crippen molar-refractivity contribution in [1.82, 2.24) is 4.31 Å². The van der Waals surface area contributed by atoms with Crippen molar-refractivity contribution in [1.29, 1.82) is 0 Å². The molecule has 0 unspecified atom stereocenters. The lowest BCUT2D eigenvalue weighted by atomic mass is 9.85. The fraction of sp³-hybridized carbons (Fsp3) is 0.625. The molecule has 2 rings (SSSR count). The predicted octanol–water partition coefficient (Wildman–Crippen LogP) is 3.09. The normalized spacial score (nSPS) is 20.2. The van der Waals surface area contributed by atoms with Crippen molar-refractivity contribution < 1.29 is 8.42 Å². The van der Waals surface area contributed by atoms with Crippen molar-refractivity contribution in [3.05, 3.63) is 23.3 Å². The Labute approximate surface area is 128 Å². The number of nitrogens with two attached hydrogens (primary N) is 1. The van der Waals surface area contributed by atoms with Crippen LogP contribution in [-0.4, -0.2) is 25.8 Å². The fourth-order valence-electron chi connectivity index (χ4n) is 2.90. The average Bonchev–Trinajstić information content (AvgIpc) is 2.55. The lowest BCUT2D eigenvalue weighted by Gasteiger charge is -2.24. The van der Waals surface area contributed by atoms with Crippen LogP contribution < -0.4 is 5.73 Å². The molecule has 4 nitrogen and oxygen atoms in total. The van der Waals surface area contributed by atoms with Crippen LogP contribution in [0.2, 0.25) is 0 Å². The van der Waals surface area contributed by atoms with Crippen molar-refractivity contribution in [2.75, 3.05) is 18.8 Å². The van der Waals surface area contributed by atoms with Gasteiger partial charge in [-0.25, -0.2) is 8.42 Å². The summed E-state index contributed by atoms with van der Waals surface area (Å²) >= 11 is 0. The van der Waals surface area contributed by atoms with Gasteiger partial charge in [0.1, 0.15) is 0 Å². The highest BCUT2D eigenvalue weighted by molar-refractivity contribution is 7.89. The van der Waals surface area contributed by atoms with Gasteiger partial charge in [0.2, 0.25) is 10.0 Å². The van der Waals surface area contributed by atoms with Crippen LogP contribution in [0.3, 0.4) is 0 Å². The van der Waals surface area contributed by atoms with Gasteiger partial charge >= 0.3 is 0 Å². The number of hydrogen-bond acceptors (Lipinski definition) is 3. The molecule has 0 amide bonds. The Bertz CT molecular complexity index is 636. The van der Waals surface area contributed by atoms with Gasteiger partial charge in [-0.15, -0.1) is 0 Å². The summed E-state index contributed by atoms with van der Waals surface area (Å²) in [7, 11) is -3.46. The van der Waals surface area contributed by atoms with E-state index in [1.165, 1.54) is 0 Å². The second kappa shape index (κ2) is 5.61. The summed E-state index contributed by atoms with van der Waals surface area (Å²) in [4.78, 5) is 0.361. The summed E-state index contributed by atoms with van der Waals surface area (Å²) in [6, 6.07) is 3.55. The van der Waals surface area contributed by atoms with E-state index in [-0.39, 0.29) is 5.41 Å². The SMILES string of the molecule is Cc1cc(N)c(C)c(S(=O)(=O)N2CCCC(C)(C)CC2)c1. The van der Waals surface area contributed by atoms with Gasteiger partial charge < -0.3 is 5.73 Å². The molecule has 0 radical (unpaired) electrons. The van der Waals surface area contributed by atoms with E-state index in [1.807, 2.05) is 13.0 Å². The number of hydrogen-bond donors (Lipinski definition) is 1. The van der Waals surface area contributed by atoms with Crippen molar-refractivity contribution in [3.8, 4) is 0 Å². The van der Waals surface area contributed by atoms with Gasteiger partial charge in [0, 0.05) is 18.8 Å². The molecule has 0 spiro atoms. The van der Waals surface area contributed by atoms with Crippen LogP contribution in [0.15, 0.2) is 17.0 Å². The Morgan fingerprint density at radius 1 is 1.14 bits per heavy atom. The van der Waals surface area contributed by atoms with Crippen molar-refractivity contribution >= 4 is 15.7 Å². The third-order valence-corrected chi connectivity index (χ3v) is 6.49. The first kappa shape index (κ1) is 16.3. The molecule has 1 aromatic carbocycles. The van der Waals surface area contributed by atoms with Crippen molar-refractivity contribution in [2.45, 2.75) is 51.9 Å². The number of benzene rings is 1. The standard InChI is InChI=1S/C16H26N2O2S/c1-12-10-14(17)13(2)15(11-12)21(19,20)18-8-5-6-16(3,4)7-9-18/h10-11H,5-9,17H2,1-4H3. The van der Waals surface area contributed by atoms with Gasteiger partial charge in [0.25, 0.3) is 0 Å². The molecule has 0 atom stereocenters. The molecule has 21 heavy (non-hydrogen) atoms. The maximum Gasteiger partial charge on any atom is 0.243 e. The minimum absolute atomic E-state index is 0.213. The maximum absolute atomic E-state index is 12.9. The second-order valence-electron chi connectivity index (χ2n) is 6.90. The van der Waals surface area contributed by atoms with Gasteiger partial charge in [-0.3, -0.25) is 0 Å². The molecule has 1 heterocycles. The molecule has 0 bridgehead atoms. The molecule has 0 saturated carbocycles. The van der Waals surface area contributed by atoms with Gasteiger partial charge in [-0.05, 0) is 61.8 Å². The molecular formula is C16H26N2O2S. The quantitative estimate of drug-likeness (QED) is 0.854. The highest BCUT2D eigenvalue weighted by Crippen LogP contribution is 2.33. The third kappa shape index (κ3) is 3.40. The number of nitrogens with zero attached hydrogens (tertiary/aromatic N) is 1. The molecule has 1 aromatic rings. The van der Waals surface area contributed by atoms with Crippen LogP contribution in [-0.2, 0) is 10.0 Å². The Morgan fingerprint density at radius 3 is 2.48 bits per heavy atom. The number of anilines is 1. The lowest BCUT2D eigenvalue weighted by Crippen LogP contribution is -2.33. The number of sulfonamides is 1. The second-order valence-corrected chi connectivity index (χ2v) is 8.81. The van der Waals surface area contributed by atoms with Crippen molar-refractivity contribution in [2.24, 2.45) is 5.41 Å². The van der Waals surface area contributed by atoms with Gasteiger partial charge in [0.15, 0.2) is 0 Å². The van der Waals surface area contributed by atoms with Crippen LogP contribution in [0.5, 0.6) is 0 Å². The fourth-order valence-corrected chi connectivity index (χ4v) is 4.72. The van der Waals surface area contributed by atoms with E-state index < -0.39 is 10.0 Å². The molecule has 1 saturated heterocycles. The molecule has 2 N–H and O–H groups in total. The Balaban J connectivity index is 2.39. The molecule has 1 aliphatic heterocycles. The zero-order valence-electron chi connectivity index (χ0n) is 13.4. The molecule has 1 fully saturated rings. The molecule has 0 aromatic heterocycles. The van der Waals surface area contributed by atoms with E-state index in [0.29, 0.717) is 29.2 Å². The van der Waals surface area contributed by atoms with Crippen LogP contribution in [0.4, 0.5) is 5.69 Å². The summed E-state index contributed by atoms with van der Waals surface area (Å²) in [5.74, 6) is 0.